The number of benzene rings is 1. The number of methoxy groups -OCH3 is 1. The average Bonchev–Trinajstić information content (AvgIpc) is 2.49. The molecule has 2 aromatic rings. The predicted octanol–water partition coefficient (Wildman–Crippen LogP) is 2.36. The fraction of sp³-hybridized carbons (Fsp3) is 0.412. The number of nitrogens with zero attached hydrogens (tertiary/aromatic N) is 2. The molecule has 1 N–H and O–H groups in total. The lowest BCUT2D eigenvalue weighted by atomic mass is 10.2. The maximum absolute atomic E-state index is 12.1. The number of hydrogen-bond donors (Lipinski definition) is 1. The first kappa shape index (κ1) is 16.2. The fourth-order valence-corrected chi connectivity index (χ4v) is 2.30. The second-order valence-electron chi connectivity index (χ2n) is 5.36. The average molecular weight is 301 g/mol. The van der Waals surface area contributed by atoms with Gasteiger partial charge in [-0.05, 0) is 44.5 Å². The molecule has 2 rings (SSSR count). The topological polar surface area (TPSA) is 56.1 Å². The summed E-state index contributed by atoms with van der Waals surface area (Å²) in [6.07, 6.45) is 1.02. The van der Waals surface area contributed by atoms with Crippen LogP contribution in [0.5, 0.6) is 5.75 Å². The highest BCUT2D eigenvalue weighted by Gasteiger charge is 2.11. The van der Waals surface area contributed by atoms with Gasteiger partial charge < -0.3 is 10.1 Å². The van der Waals surface area contributed by atoms with E-state index in [4.69, 9.17) is 4.74 Å². The molecule has 0 aliphatic carbocycles. The molecule has 0 saturated heterocycles. The van der Waals surface area contributed by atoms with Gasteiger partial charge in [-0.3, -0.25) is 4.79 Å². The third-order valence-electron chi connectivity index (χ3n) is 3.46. The Morgan fingerprint density at radius 1 is 1.27 bits per heavy atom. The van der Waals surface area contributed by atoms with Crippen molar-refractivity contribution in [2.75, 3.05) is 13.7 Å². The monoisotopic (exact) mass is 301 g/mol. The SMILES string of the molecule is CCCNCc1nn(-c2cc(C)ccc2OC)c(C)cc1=O. The van der Waals surface area contributed by atoms with E-state index in [0.29, 0.717) is 12.2 Å². The van der Waals surface area contributed by atoms with Gasteiger partial charge >= 0.3 is 0 Å². The summed E-state index contributed by atoms with van der Waals surface area (Å²) in [5, 5.41) is 7.75. The number of rotatable bonds is 6. The molecule has 5 nitrogen and oxygen atoms in total. The highest BCUT2D eigenvalue weighted by Crippen LogP contribution is 2.24. The van der Waals surface area contributed by atoms with Crippen molar-refractivity contribution in [3.8, 4) is 11.4 Å². The molecule has 0 spiro atoms. The number of aromatic nitrogens is 2. The van der Waals surface area contributed by atoms with Gasteiger partial charge in [-0.25, -0.2) is 4.68 Å². The molecule has 1 aromatic heterocycles. The van der Waals surface area contributed by atoms with Crippen molar-refractivity contribution in [1.29, 1.82) is 0 Å². The summed E-state index contributed by atoms with van der Waals surface area (Å²) in [6.45, 7) is 7.32. The summed E-state index contributed by atoms with van der Waals surface area (Å²) < 4.78 is 7.20. The highest BCUT2D eigenvalue weighted by molar-refractivity contribution is 5.49. The van der Waals surface area contributed by atoms with Gasteiger partial charge in [0.2, 0.25) is 5.43 Å². The molecule has 0 atom stereocenters. The van der Waals surface area contributed by atoms with Crippen LogP contribution >= 0.6 is 0 Å². The standard InChI is InChI=1S/C17H23N3O2/c1-5-8-18-11-14-16(21)10-13(3)20(19-14)15-9-12(2)6-7-17(15)22-4/h6-7,9-10,18H,5,8,11H2,1-4H3. The normalized spacial score (nSPS) is 10.7. The summed E-state index contributed by atoms with van der Waals surface area (Å²) in [7, 11) is 1.63. The fourth-order valence-electron chi connectivity index (χ4n) is 2.30. The van der Waals surface area contributed by atoms with Crippen LogP contribution in [-0.4, -0.2) is 23.4 Å². The Kier molecular flexibility index (Phi) is 5.33. The summed E-state index contributed by atoms with van der Waals surface area (Å²) >= 11 is 0. The van der Waals surface area contributed by atoms with Crippen LogP contribution in [0.25, 0.3) is 5.69 Å². The van der Waals surface area contributed by atoms with E-state index in [1.807, 2.05) is 32.0 Å². The van der Waals surface area contributed by atoms with Crippen molar-refractivity contribution in [2.24, 2.45) is 0 Å². The Hall–Kier alpha value is -2.14. The van der Waals surface area contributed by atoms with Crippen molar-refractivity contribution in [3.05, 3.63) is 51.4 Å². The Balaban J connectivity index is 2.49. The van der Waals surface area contributed by atoms with Crippen molar-refractivity contribution < 1.29 is 4.74 Å². The van der Waals surface area contributed by atoms with E-state index < -0.39 is 0 Å². The third kappa shape index (κ3) is 3.54. The zero-order valence-electron chi connectivity index (χ0n) is 13.6. The predicted molar refractivity (Wildman–Crippen MR) is 87.9 cm³/mol. The minimum absolute atomic E-state index is 0.0380. The van der Waals surface area contributed by atoms with Gasteiger partial charge in [-0.1, -0.05) is 13.0 Å². The number of hydrogen-bond acceptors (Lipinski definition) is 4. The van der Waals surface area contributed by atoms with Gasteiger partial charge in [0.05, 0.1) is 7.11 Å². The van der Waals surface area contributed by atoms with Crippen LogP contribution in [0.2, 0.25) is 0 Å². The van der Waals surface area contributed by atoms with Crippen LogP contribution in [0.15, 0.2) is 29.1 Å². The molecule has 1 aromatic carbocycles. The summed E-state index contributed by atoms with van der Waals surface area (Å²) in [5.41, 5.74) is 3.22. The van der Waals surface area contributed by atoms with Crippen molar-refractivity contribution in [1.82, 2.24) is 15.1 Å². The smallest absolute Gasteiger partial charge is 0.204 e. The largest absolute Gasteiger partial charge is 0.494 e. The molecule has 5 heteroatoms. The third-order valence-corrected chi connectivity index (χ3v) is 3.46. The lowest BCUT2D eigenvalue weighted by Crippen LogP contribution is -2.25. The second kappa shape index (κ2) is 7.22. The van der Waals surface area contributed by atoms with Gasteiger partial charge in [0, 0.05) is 18.3 Å². The van der Waals surface area contributed by atoms with Gasteiger partial charge in [-0.2, -0.15) is 5.10 Å². The van der Waals surface area contributed by atoms with E-state index in [2.05, 4.69) is 17.3 Å². The molecule has 22 heavy (non-hydrogen) atoms. The maximum Gasteiger partial charge on any atom is 0.204 e. The Morgan fingerprint density at radius 2 is 2.05 bits per heavy atom. The lowest BCUT2D eigenvalue weighted by molar-refractivity contribution is 0.410. The number of nitrogens with one attached hydrogen (secondary N) is 1. The molecular formula is C17H23N3O2. The van der Waals surface area contributed by atoms with E-state index in [-0.39, 0.29) is 5.43 Å². The molecule has 0 aliphatic heterocycles. The summed E-state index contributed by atoms with van der Waals surface area (Å²) in [5.74, 6) is 0.734. The highest BCUT2D eigenvalue weighted by atomic mass is 16.5. The number of aryl methyl sites for hydroxylation is 2. The molecule has 1 heterocycles. The second-order valence-corrected chi connectivity index (χ2v) is 5.36. The maximum atomic E-state index is 12.1. The molecule has 0 amide bonds. The molecule has 0 unspecified atom stereocenters. The van der Waals surface area contributed by atoms with Gasteiger partial charge in [0.25, 0.3) is 0 Å². The molecular weight excluding hydrogens is 278 g/mol. The van der Waals surface area contributed by atoms with Crippen LogP contribution < -0.4 is 15.5 Å². The van der Waals surface area contributed by atoms with E-state index in [1.165, 1.54) is 0 Å². The van der Waals surface area contributed by atoms with E-state index in [1.54, 1.807) is 17.9 Å². The van der Waals surface area contributed by atoms with Gasteiger partial charge in [0.15, 0.2) is 0 Å². The van der Waals surface area contributed by atoms with Crippen molar-refractivity contribution >= 4 is 0 Å². The van der Waals surface area contributed by atoms with E-state index >= 15 is 0 Å². The van der Waals surface area contributed by atoms with Gasteiger partial charge in [-0.15, -0.1) is 0 Å². The van der Waals surface area contributed by atoms with Crippen LogP contribution in [0.1, 0.15) is 30.3 Å². The minimum Gasteiger partial charge on any atom is -0.494 e. The molecule has 0 bridgehead atoms. The van der Waals surface area contributed by atoms with E-state index in [0.717, 1.165) is 35.7 Å². The molecule has 0 radical (unpaired) electrons. The Bertz CT molecular complexity index is 708. The van der Waals surface area contributed by atoms with Crippen LogP contribution in [0.3, 0.4) is 0 Å². The quantitative estimate of drug-likeness (QED) is 0.832. The van der Waals surface area contributed by atoms with Crippen molar-refractivity contribution in [2.45, 2.75) is 33.7 Å². The number of ether oxygens (including phenoxy) is 1. The van der Waals surface area contributed by atoms with Crippen LogP contribution in [0, 0.1) is 13.8 Å². The van der Waals surface area contributed by atoms with Crippen LogP contribution in [0.4, 0.5) is 0 Å². The summed E-state index contributed by atoms with van der Waals surface area (Å²) in [6, 6.07) is 7.53. The summed E-state index contributed by atoms with van der Waals surface area (Å²) in [4.78, 5) is 12.1. The van der Waals surface area contributed by atoms with Crippen molar-refractivity contribution in [3.63, 3.8) is 0 Å². The zero-order chi connectivity index (χ0) is 16.1. The Morgan fingerprint density at radius 3 is 2.73 bits per heavy atom. The van der Waals surface area contributed by atoms with Crippen LogP contribution in [-0.2, 0) is 6.54 Å². The minimum atomic E-state index is -0.0380. The lowest BCUT2D eigenvalue weighted by Gasteiger charge is -2.15. The molecule has 0 aliphatic rings. The first-order valence-corrected chi connectivity index (χ1v) is 7.52. The van der Waals surface area contributed by atoms with E-state index in [9.17, 15) is 4.79 Å². The Labute approximate surface area is 130 Å². The molecule has 0 saturated carbocycles. The van der Waals surface area contributed by atoms with Gasteiger partial charge in [0.1, 0.15) is 17.1 Å². The first-order valence-electron chi connectivity index (χ1n) is 7.52. The molecule has 0 fully saturated rings. The zero-order valence-corrected chi connectivity index (χ0v) is 13.6. The first-order chi connectivity index (χ1) is 10.6. The molecule has 118 valence electrons.